The summed E-state index contributed by atoms with van der Waals surface area (Å²) in [7, 11) is -4.57. The van der Waals surface area contributed by atoms with E-state index in [0.29, 0.717) is 6.42 Å². The Kier molecular flexibility index (Phi) is 11.6. The fourth-order valence-electron chi connectivity index (χ4n) is 2.23. The summed E-state index contributed by atoms with van der Waals surface area (Å²) in [6, 6.07) is 0. The van der Waals surface area contributed by atoms with E-state index in [1.165, 1.54) is 32.1 Å². The number of hydrogen-bond donors (Lipinski definition) is 4. The number of phosphoric ester groups is 1. The summed E-state index contributed by atoms with van der Waals surface area (Å²) in [6.45, 7) is 1.16. The van der Waals surface area contributed by atoms with Crippen molar-refractivity contribution >= 4 is 7.82 Å². The molecule has 0 aromatic heterocycles. The zero-order valence-electron chi connectivity index (χ0n) is 13.0. The van der Waals surface area contributed by atoms with Crippen molar-refractivity contribution in [2.75, 3.05) is 19.8 Å². The van der Waals surface area contributed by atoms with Gasteiger partial charge in [-0.3, -0.25) is 4.52 Å². The maximum Gasteiger partial charge on any atom is 0.469 e. The monoisotopic (exact) mass is 326 g/mol. The SMILES string of the molecule is CCCCCCCCCCC(CO)(CO)COP(=O)(O)O. The number of phosphoric acid groups is 1. The first-order valence-corrected chi connectivity index (χ1v) is 9.34. The molecule has 0 aliphatic carbocycles. The van der Waals surface area contributed by atoms with Crippen molar-refractivity contribution < 1.29 is 29.1 Å². The van der Waals surface area contributed by atoms with Gasteiger partial charge in [0.05, 0.1) is 19.8 Å². The van der Waals surface area contributed by atoms with Gasteiger partial charge < -0.3 is 20.0 Å². The first-order valence-electron chi connectivity index (χ1n) is 7.81. The number of aliphatic hydroxyl groups excluding tert-OH is 2. The molecule has 0 aromatic rings. The fraction of sp³-hybridized carbons (Fsp3) is 1.00. The third-order valence-corrected chi connectivity index (χ3v) is 4.24. The third kappa shape index (κ3) is 11.3. The number of unbranched alkanes of at least 4 members (excludes halogenated alkanes) is 7. The van der Waals surface area contributed by atoms with Crippen LogP contribution in [0.3, 0.4) is 0 Å². The number of aliphatic hydroxyl groups is 2. The molecule has 0 fully saturated rings. The van der Waals surface area contributed by atoms with Crippen LogP contribution in [0.1, 0.15) is 64.7 Å². The second kappa shape index (κ2) is 11.6. The van der Waals surface area contributed by atoms with E-state index in [-0.39, 0.29) is 19.8 Å². The highest BCUT2D eigenvalue weighted by atomic mass is 31.2. The van der Waals surface area contributed by atoms with E-state index in [9.17, 15) is 14.8 Å². The van der Waals surface area contributed by atoms with Crippen LogP contribution in [-0.2, 0) is 9.09 Å². The minimum absolute atomic E-state index is 0.333. The highest BCUT2D eigenvalue weighted by molar-refractivity contribution is 7.46. The van der Waals surface area contributed by atoms with Crippen LogP contribution in [0.25, 0.3) is 0 Å². The van der Waals surface area contributed by atoms with Gasteiger partial charge in [-0.05, 0) is 6.42 Å². The Morgan fingerprint density at radius 3 is 1.81 bits per heavy atom. The van der Waals surface area contributed by atoms with Crippen LogP contribution in [0.5, 0.6) is 0 Å². The molecule has 0 aromatic carbocycles. The van der Waals surface area contributed by atoms with E-state index in [4.69, 9.17) is 9.79 Å². The molecule has 0 radical (unpaired) electrons. The average Bonchev–Trinajstić information content (AvgIpc) is 2.44. The van der Waals surface area contributed by atoms with Gasteiger partial charge in [0.25, 0.3) is 0 Å². The Hall–Kier alpha value is 0.0300. The van der Waals surface area contributed by atoms with Crippen molar-refractivity contribution in [3.05, 3.63) is 0 Å². The number of hydrogen-bond acceptors (Lipinski definition) is 4. The van der Waals surface area contributed by atoms with Gasteiger partial charge in [-0.1, -0.05) is 58.3 Å². The summed E-state index contributed by atoms with van der Waals surface area (Å²) in [4.78, 5) is 17.4. The summed E-state index contributed by atoms with van der Waals surface area (Å²) in [5.74, 6) is 0. The van der Waals surface area contributed by atoms with E-state index >= 15 is 0 Å². The summed E-state index contributed by atoms with van der Waals surface area (Å²) in [6.07, 6.45) is 9.59. The van der Waals surface area contributed by atoms with Crippen LogP contribution in [0.4, 0.5) is 0 Å². The quantitative estimate of drug-likeness (QED) is 0.289. The van der Waals surface area contributed by atoms with Gasteiger partial charge in [-0.15, -0.1) is 0 Å². The molecule has 0 saturated heterocycles. The highest BCUT2D eigenvalue weighted by Crippen LogP contribution is 2.39. The predicted octanol–water partition coefficient (Wildman–Crippen LogP) is 2.60. The Bertz CT molecular complexity index is 287. The number of rotatable bonds is 14. The van der Waals surface area contributed by atoms with E-state index in [0.717, 1.165) is 19.3 Å². The maximum atomic E-state index is 10.7. The molecule has 0 atom stereocenters. The topological polar surface area (TPSA) is 107 Å². The largest absolute Gasteiger partial charge is 0.469 e. The lowest BCUT2D eigenvalue weighted by Crippen LogP contribution is -2.34. The van der Waals surface area contributed by atoms with Crippen LogP contribution in [0, 0.1) is 5.41 Å². The molecule has 7 heteroatoms. The van der Waals surface area contributed by atoms with E-state index < -0.39 is 13.2 Å². The summed E-state index contributed by atoms with van der Waals surface area (Å²) in [5.41, 5.74) is -0.969. The molecule has 6 nitrogen and oxygen atoms in total. The van der Waals surface area contributed by atoms with Crippen LogP contribution in [0.2, 0.25) is 0 Å². The standard InChI is InChI=1S/C14H31O6P/c1-2-3-4-5-6-7-8-9-10-14(11-15,12-16)13-20-21(17,18)19/h15-16H,2-13H2,1H3,(H2,17,18,19). The van der Waals surface area contributed by atoms with Gasteiger partial charge >= 0.3 is 7.82 Å². The van der Waals surface area contributed by atoms with Crippen molar-refractivity contribution in [3.63, 3.8) is 0 Å². The summed E-state index contributed by atoms with van der Waals surface area (Å²) in [5, 5.41) is 18.8. The smallest absolute Gasteiger partial charge is 0.396 e. The molecule has 0 rings (SSSR count). The Balaban J connectivity index is 3.90. The van der Waals surface area contributed by atoms with E-state index in [2.05, 4.69) is 11.4 Å². The molecule has 0 spiro atoms. The molecule has 128 valence electrons. The van der Waals surface area contributed by atoms with Crippen LogP contribution in [0.15, 0.2) is 0 Å². The lowest BCUT2D eigenvalue weighted by Gasteiger charge is -2.29. The summed E-state index contributed by atoms with van der Waals surface area (Å²) < 4.78 is 15.2. The molecule has 21 heavy (non-hydrogen) atoms. The molecule has 0 aliphatic rings. The van der Waals surface area contributed by atoms with Crippen LogP contribution in [-0.4, -0.2) is 39.8 Å². The van der Waals surface area contributed by atoms with Gasteiger partial charge in [-0.25, -0.2) is 4.57 Å². The predicted molar refractivity (Wildman–Crippen MR) is 81.8 cm³/mol. The van der Waals surface area contributed by atoms with Crippen molar-refractivity contribution in [1.29, 1.82) is 0 Å². The van der Waals surface area contributed by atoms with E-state index in [1.54, 1.807) is 0 Å². The molecule has 0 saturated carbocycles. The average molecular weight is 326 g/mol. The van der Waals surface area contributed by atoms with Gasteiger partial charge in [-0.2, -0.15) is 0 Å². The maximum absolute atomic E-state index is 10.7. The molecular weight excluding hydrogens is 295 g/mol. The fourth-order valence-corrected chi connectivity index (χ4v) is 2.67. The van der Waals surface area contributed by atoms with Gasteiger partial charge in [0, 0.05) is 5.41 Å². The van der Waals surface area contributed by atoms with Crippen molar-refractivity contribution in [3.8, 4) is 0 Å². The first-order chi connectivity index (χ1) is 9.89. The first kappa shape index (κ1) is 21.0. The minimum Gasteiger partial charge on any atom is -0.396 e. The van der Waals surface area contributed by atoms with E-state index in [1.807, 2.05) is 0 Å². The highest BCUT2D eigenvalue weighted by Gasteiger charge is 2.31. The van der Waals surface area contributed by atoms with Gasteiger partial charge in [0.2, 0.25) is 0 Å². The minimum atomic E-state index is -4.57. The molecule has 0 aliphatic heterocycles. The second-order valence-corrected chi connectivity index (χ2v) is 7.04. The molecular formula is C14H31O6P. The van der Waals surface area contributed by atoms with Crippen LogP contribution >= 0.6 is 7.82 Å². The Morgan fingerprint density at radius 2 is 1.38 bits per heavy atom. The zero-order valence-corrected chi connectivity index (χ0v) is 13.9. The third-order valence-electron chi connectivity index (χ3n) is 3.77. The zero-order chi connectivity index (χ0) is 16.2. The van der Waals surface area contributed by atoms with Crippen LogP contribution < -0.4 is 0 Å². The molecule has 0 unspecified atom stereocenters. The molecule has 0 bridgehead atoms. The lowest BCUT2D eigenvalue weighted by molar-refractivity contribution is -0.00241. The van der Waals surface area contributed by atoms with Crippen molar-refractivity contribution in [2.24, 2.45) is 5.41 Å². The molecule has 0 amide bonds. The van der Waals surface area contributed by atoms with Crippen molar-refractivity contribution in [1.82, 2.24) is 0 Å². The Morgan fingerprint density at radius 1 is 0.905 bits per heavy atom. The normalized spacial score (nSPS) is 12.8. The van der Waals surface area contributed by atoms with Gasteiger partial charge in [0.1, 0.15) is 0 Å². The lowest BCUT2D eigenvalue weighted by atomic mass is 9.85. The molecule has 0 heterocycles. The molecule has 4 N–H and O–H groups in total. The van der Waals surface area contributed by atoms with Gasteiger partial charge in [0.15, 0.2) is 0 Å². The second-order valence-electron chi connectivity index (χ2n) is 5.81. The Labute approximate surface area is 127 Å². The summed E-state index contributed by atoms with van der Waals surface area (Å²) >= 11 is 0. The van der Waals surface area contributed by atoms with Crippen molar-refractivity contribution in [2.45, 2.75) is 64.7 Å².